The van der Waals surface area contributed by atoms with E-state index in [-0.39, 0.29) is 0 Å². The molecule has 0 saturated carbocycles. The van der Waals surface area contributed by atoms with Crippen molar-refractivity contribution in [3.8, 4) is 6.07 Å². The first-order chi connectivity index (χ1) is 12.5. The van der Waals surface area contributed by atoms with Crippen LogP contribution in [-0.2, 0) is 0 Å². The lowest BCUT2D eigenvalue weighted by molar-refractivity contribution is 0.380. The van der Waals surface area contributed by atoms with Gasteiger partial charge in [0.1, 0.15) is 0 Å². The van der Waals surface area contributed by atoms with Crippen LogP contribution < -0.4 is 11.6 Å². The van der Waals surface area contributed by atoms with Crippen molar-refractivity contribution in [2.75, 3.05) is 12.3 Å². The maximum absolute atomic E-state index is 8.94. The Labute approximate surface area is 154 Å². The van der Waals surface area contributed by atoms with Crippen LogP contribution in [0.1, 0.15) is 41.0 Å². The van der Waals surface area contributed by atoms with Crippen LogP contribution in [0.15, 0.2) is 59.8 Å². The van der Waals surface area contributed by atoms with Gasteiger partial charge in [-0.2, -0.15) is 10.4 Å². The molecule has 0 spiro atoms. The molecule has 3 rings (SSSR count). The van der Waals surface area contributed by atoms with Gasteiger partial charge in [-0.1, -0.05) is 30.8 Å². The van der Waals surface area contributed by atoms with E-state index in [9.17, 15) is 0 Å². The van der Waals surface area contributed by atoms with Crippen molar-refractivity contribution in [1.29, 1.82) is 5.26 Å². The van der Waals surface area contributed by atoms with Crippen molar-refractivity contribution in [3.63, 3.8) is 0 Å². The molecule has 0 bridgehead atoms. The number of rotatable bonds is 2. The number of hydrogen-bond acceptors (Lipinski definition) is 4. The Hall–Kier alpha value is -3.26. The molecule has 1 saturated heterocycles. The Morgan fingerprint density at radius 1 is 1.27 bits per heavy atom. The van der Waals surface area contributed by atoms with Crippen LogP contribution in [0, 0.1) is 18.3 Å². The first-order valence-corrected chi connectivity index (χ1v) is 8.63. The number of amidine groups is 1. The highest BCUT2D eigenvalue weighted by molar-refractivity contribution is 6.00. The van der Waals surface area contributed by atoms with Gasteiger partial charge in [0.05, 0.1) is 11.6 Å². The summed E-state index contributed by atoms with van der Waals surface area (Å²) in [6.45, 7) is 7.00. The number of nitrogens with two attached hydrogens (primary N) is 2. The average Bonchev–Trinajstić information content (AvgIpc) is 2.66. The lowest BCUT2D eigenvalue weighted by Crippen LogP contribution is -2.37. The van der Waals surface area contributed by atoms with Gasteiger partial charge in [0.25, 0.3) is 0 Å². The van der Waals surface area contributed by atoms with E-state index in [1.165, 1.54) is 5.56 Å². The summed E-state index contributed by atoms with van der Waals surface area (Å²) in [5.41, 5.74) is 11.6. The summed E-state index contributed by atoms with van der Waals surface area (Å²) in [6, 6.07) is 15.8. The quantitative estimate of drug-likeness (QED) is 0.287. The number of benzene rings is 2. The number of likely N-dealkylation sites (tertiary alicyclic amines) is 1. The van der Waals surface area contributed by atoms with Gasteiger partial charge in [-0.25, -0.2) is 0 Å². The zero-order valence-corrected chi connectivity index (χ0v) is 14.9. The number of anilines is 1. The highest BCUT2D eigenvalue weighted by Gasteiger charge is 2.26. The fourth-order valence-electron chi connectivity index (χ4n) is 3.39. The minimum Gasteiger partial charge on any atom is -0.398 e. The van der Waals surface area contributed by atoms with E-state index >= 15 is 0 Å². The molecule has 4 N–H and O–H groups in total. The highest BCUT2D eigenvalue weighted by atomic mass is 15.3. The molecule has 0 radical (unpaired) electrons. The lowest BCUT2D eigenvalue weighted by atomic mass is 9.87. The average molecular weight is 345 g/mol. The molecule has 5 heteroatoms. The van der Waals surface area contributed by atoms with E-state index in [4.69, 9.17) is 16.8 Å². The minimum absolute atomic E-state index is 0.383. The normalized spacial score (nSPS) is 17.8. The van der Waals surface area contributed by atoms with Gasteiger partial charge in [-0.05, 0) is 55.0 Å². The van der Waals surface area contributed by atoms with E-state index in [2.05, 4.69) is 22.6 Å². The fraction of sp³-hybridized carbons (Fsp3) is 0.238. The SMILES string of the molecule is C=C1CC(c2ccc(C#N)cc2)CCN1/C(=N\N)c1ccc(C)c(N)c1. The third-order valence-corrected chi connectivity index (χ3v) is 4.99. The van der Waals surface area contributed by atoms with Crippen LogP contribution in [0.3, 0.4) is 0 Å². The van der Waals surface area contributed by atoms with Crippen LogP contribution in [0.25, 0.3) is 0 Å². The van der Waals surface area contributed by atoms with Gasteiger partial charge in [0, 0.05) is 23.5 Å². The Morgan fingerprint density at radius 2 is 2.00 bits per heavy atom. The fourth-order valence-corrected chi connectivity index (χ4v) is 3.39. The largest absolute Gasteiger partial charge is 0.398 e. The summed E-state index contributed by atoms with van der Waals surface area (Å²) in [4.78, 5) is 2.07. The van der Waals surface area contributed by atoms with Gasteiger partial charge in [0.2, 0.25) is 0 Å². The third kappa shape index (κ3) is 3.40. The van der Waals surface area contributed by atoms with Crippen LogP contribution in [0.2, 0.25) is 0 Å². The topological polar surface area (TPSA) is 91.4 Å². The van der Waals surface area contributed by atoms with Crippen molar-refractivity contribution in [2.24, 2.45) is 10.9 Å². The van der Waals surface area contributed by atoms with E-state index in [0.29, 0.717) is 17.3 Å². The predicted octanol–water partition coefficient (Wildman–Crippen LogP) is 3.46. The van der Waals surface area contributed by atoms with Gasteiger partial charge >= 0.3 is 0 Å². The summed E-state index contributed by atoms with van der Waals surface area (Å²) in [5.74, 6) is 6.77. The van der Waals surface area contributed by atoms with Crippen molar-refractivity contribution in [1.82, 2.24) is 4.90 Å². The molecular weight excluding hydrogens is 322 g/mol. The second kappa shape index (κ2) is 7.32. The number of hydrogen-bond donors (Lipinski definition) is 2. The monoisotopic (exact) mass is 345 g/mol. The zero-order chi connectivity index (χ0) is 18.7. The minimum atomic E-state index is 0.383. The third-order valence-electron chi connectivity index (χ3n) is 4.99. The smallest absolute Gasteiger partial charge is 0.159 e. The Bertz CT molecular complexity index is 890. The molecule has 1 atom stereocenters. The highest BCUT2D eigenvalue weighted by Crippen LogP contribution is 2.34. The van der Waals surface area contributed by atoms with Crippen molar-refractivity contribution in [3.05, 3.63) is 77.0 Å². The summed E-state index contributed by atoms with van der Waals surface area (Å²) < 4.78 is 0. The van der Waals surface area contributed by atoms with E-state index < -0.39 is 0 Å². The van der Waals surface area contributed by atoms with Crippen molar-refractivity contribution >= 4 is 11.5 Å². The Balaban J connectivity index is 1.78. The standard InChI is InChI=1S/C21H23N5/c1-14-3-6-19(12-20(14)23)21(25-24)26-10-9-18(11-15(26)2)17-7-4-16(13-22)5-8-17/h3-8,12,18H,2,9-11,23-24H2,1H3/b25-21-. The number of nitriles is 1. The number of hydrazone groups is 1. The Kier molecular flexibility index (Phi) is 4.94. The molecule has 0 aromatic heterocycles. The summed E-state index contributed by atoms with van der Waals surface area (Å²) in [5, 5.41) is 13.0. The number of piperidine rings is 1. The predicted molar refractivity (Wildman–Crippen MR) is 105 cm³/mol. The van der Waals surface area contributed by atoms with Gasteiger partial charge in [-0.15, -0.1) is 0 Å². The molecule has 5 nitrogen and oxygen atoms in total. The second-order valence-electron chi connectivity index (χ2n) is 6.67. The first kappa shape index (κ1) is 17.6. The summed E-state index contributed by atoms with van der Waals surface area (Å²) >= 11 is 0. The number of nitrogens with zero attached hydrogens (tertiary/aromatic N) is 3. The molecular formula is C21H23N5. The molecule has 1 heterocycles. The summed E-state index contributed by atoms with van der Waals surface area (Å²) in [6.07, 6.45) is 1.79. The second-order valence-corrected chi connectivity index (χ2v) is 6.67. The molecule has 0 amide bonds. The molecule has 2 aromatic carbocycles. The molecule has 132 valence electrons. The molecule has 1 fully saturated rings. The maximum atomic E-state index is 8.94. The van der Waals surface area contributed by atoms with E-state index in [1.54, 1.807) is 0 Å². The number of aryl methyl sites for hydroxylation is 1. The van der Waals surface area contributed by atoms with E-state index in [1.807, 2.05) is 49.4 Å². The van der Waals surface area contributed by atoms with Gasteiger partial charge in [-0.3, -0.25) is 0 Å². The van der Waals surface area contributed by atoms with Gasteiger partial charge in [0.15, 0.2) is 5.84 Å². The van der Waals surface area contributed by atoms with E-state index in [0.717, 1.165) is 41.9 Å². The summed E-state index contributed by atoms with van der Waals surface area (Å²) in [7, 11) is 0. The van der Waals surface area contributed by atoms with Crippen molar-refractivity contribution in [2.45, 2.75) is 25.7 Å². The van der Waals surface area contributed by atoms with Crippen LogP contribution in [0.4, 0.5) is 5.69 Å². The van der Waals surface area contributed by atoms with Crippen LogP contribution >= 0.6 is 0 Å². The van der Waals surface area contributed by atoms with Crippen LogP contribution in [0.5, 0.6) is 0 Å². The zero-order valence-electron chi connectivity index (χ0n) is 14.9. The molecule has 26 heavy (non-hydrogen) atoms. The molecule has 0 aliphatic carbocycles. The molecule has 1 aliphatic rings. The number of allylic oxidation sites excluding steroid dienone is 1. The molecule has 2 aromatic rings. The van der Waals surface area contributed by atoms with Crippen molar-refractivity contribution < 1.29 is 0 Å². The van der Waals surface area contributed by atoms with Gasteiger partial charge < -0.3 is 16.5 Å². The first-order valence-electron chi connectivity index (χ1n) is 8.63. The Morgan fingerprint density at radius 3 is 2.58 bits per heavy atom. The molecule has 1 aliphatic heterocycles. The lowest BCUT2D eigenvalue weighted by Gasteiger charge is -2.36. The molecule has 1 unspecified atom stereocenters. The maximum Gasteiger partial charge on any atom is 0.159 e. The van der Waals surface area contributed by atoms with Crippen LogP contribution in [-0.4, -0.2) is 17.3 Å². The number of nitrogen functional groups attached to an aromatic ring is 1.